The lowest BCUT2D eigenvalue weighted by Gasteiger charge is -2.24. The van der Waals surface area contributed by atoms with E-state index in [1.54, 1.807) is 0 Å². The van der Waals surface area contributed by atoms with E-state index in [1.807, 2.05) is 21.1 Å². The Bertz CT molecular complexity index is 1620. The molecule has 0 radical (unpaired) electrons. The molecule has 0 aliphatic carbocycles. The number of likely N-dealkylation sites (N-methyl/N-ethyl adjacent to an activating group) is 1. The van der Waals surface area contributed by atoms with Crippen LogP contribution >= 0.6 is 7.82 Å². The lowest BCUT2D eigenvalue weighted by Crippen LogP contribution is -2.37. The first kappa shape index (κ1) is 70.7. The van der Waals surface area contributed by atoms with E-state index in [0.29, 0.717) is 23.9 Å². The smallest absolute Gasteiger partial charge is 0.462 e. The van der Waals surface area contributed by atoms with Crippen LogP contribution in [-0.4, -0.2) is 74.9 Å². The molecule has 0 heterocycles. The lowest BCUT2D eigenvalue weighted by atomic mass is 10.0. The number of phosphoric ester groups is 1. The van der Waals surface area contributed by atoms with E-state index in [2.05, 4.69) is 123 Å². The van der Waals surface area contributed by atoms with Crippen molar-refractivity contribution >= 4 is 19.8 Å². The summed E-state index contributed by atoms with van der Waals surface area (Å²) in [4.78, 5) is 35.6. The molecule has 0 aromatic carbocycles. The fourth-order valence-electron chi connectivity index (χ4n) is 7.80. The van der Waals surface area contributed by atoms with Crippen LogP contribution in [0.4, 0.5) is 0 Å². The van der Waals surface area contributed by atoms with Crippen molar-refractivity contribution in [3.63, 3.8) is 0 Å². The molecular weight excluding hydrogens is 942 g/mol. The number of ether oxygens (including phenoxy) is 2. The Hall–Kier alpha value is -3.33. The maximum atomic E-state index is 12.8. The van der Waals surface area contributed by atoms with Crippen LogP contribution in [0.5, 0.6) is 0 Å². The Morgan fingerprint density at radius 3 is 1.09 bits per heavy atom. The second kappa shape index (κ2) is 54.5. The second-order valence-corrected chi connectivity index (χ2v) is 22.1. The molecule has 0 rings (SSSR count). The monoisotopic (exact) mass is 1050 g/mol. The van der Waals surface area contributed by atoms with Gasteiger partial charge in [0.15, 0.2) is 6.10 Å². The van der Waals surface area contributed by atoms with Gasteiger partial charge in [0.1, 0.15) is 19.8 Å². The number of nitrogens with zero attached hydrogens (tertiary/aromatic N) is 1. The summed E-state index contributed by atoms with van der Waals surface area (Å²) in [5.41, 5.74) is 0. The van der Waals surface area contributed by atoms with Gasteiger partial charge in [0.05, 0.1) is 27.7 Å². The van der Waals surface area contributed by atoms with Gasteiger partial charge in [-0.3, -0.25) is 18.6 Å². The highest BCUT2D eigenvalue weighted by atomic mass is 31.2. The summed E-state index contributed by atoms with van der Waals surface area (Å²) >= 11 is 0. The predicted octanol–water partition coefficient (Wildman–Crippen LogP) is 18.6. The molecule has 0 fully saturated rings. The number of carbonyl (C=O) groups excluding carboxylic acids is 2. The third-order valence-electron chi connectivity index (χ3n) is 12.3. The maximum Gasteiger partial charge on any atom is 0.472 e. The van der Waals surface area contributed by atoms with Crippen molar-refractivity contribution in [3.05, 3.63) is 109 Å². The van der Waals surface area contributed by atoms with Gasteiger partial charge < -0.3 is 18.9 Å². The number of hydrogen-bond donors (Lipinski definition) is 1. The molecule has 424 valence electrons. The second-order valence-electron chi connectivity index (χ2n) is 20.6. The van der Waals surface area contributed by atoms with E-state index in [9.17, 15) is 19.0 Å². The number of hydrogen-bond acceptors (Lipinski definition) is 7. The van der Waals surface area contributed by atoms with Crippen LogP contribution in [0.25, 0.3) is 0 Å². The third-order valence-corrected chi connectivity index (χ3v) is 13.3. The van der Waals surface area contributed by atoms with Crippen molar-refractivity contribution in [2.45, 2.75) is 238 Å². The average molecular weight is 1050 g/mol. The largest absolute Gasteiger partial charge is 0.472 e. The molecule has 0 aliphatic rings. The van der Waals surface area contributed by atoms with Crippen molar-refractivity contribution in [1.29, 1.82) is 0 Å². The number of esters is 2. The fraction of sp³-hybridized carbons (Fsp3) is 0.688. The van der Waals surface area contributed by atoms with Gasteiger partial charge in [-0.2, -0.15) is 0 Å². The van der Waals surface area contributed by atoms with Crippen molar-refractivity contribution in [2.75, 3.05) is 47.5 Å². The van der Waals surface area contributed by atoms with E-state index in [0.717, 1.165) is 96.3 Å². The van der Waals surface area contributed by atoms with Crippen LogP contribution in [-0.2, 0) is 32.7 Å². The van der Waals surface area contributed by atoms with E-state index in [-0.39, 0.29) is 26.1 Å². The number of carbonyl (C=O) groups is 2. The molecule has 0 spiro atoms. The molecule has 0 aromatic heterocycles. The highest BCUT2D eigenvalue weighted by Gasteiger charge is 2.27. The van der Waals surface area contributed by atoms with Gasteiger partial charge >= 0.3 is 19.8 Å². The summed E-state index contributed by atoms with van der Waals surface area (Å²) in [6.45, 7) is 4.16. The Morgan fingerprint density at radius 1 is 0.419 bits per heavy atom. The Kier molecular flexibility index (Phi) is 52.0. The van der Waals surface area contributed by atoms with Crippen LogP contribution in [0.3, 0.4) is 0 Å². The molecule has 0 amide bonds. The SMILES string of the molecule is CC/C=C\C/C=C\C/C=C\C/C=C\C/C=C\C/C=C\CCCCCCCCCCCCCCCCCCCCC(=O)OC(COC(=O)CCCCC/C=C\C/C=C\C/C=C\CC)COP(=O)(O)OCC[N+](C)(C)C. The molecule has 0 aromatic rings. The standard InChI is InChI=1S/C64H110NO8P/c1-6-8-10-12-14-16-18-20-21-22-23-24-25-26-27-28-29-30-31-32-33-34-35-36-37-38-39-40-41-42-43-45-47-49-51-53-55-57-64(67)73-62(61-72-74(68,69)71-59-58-65(3,4)5)60-70-63(66)56-54-52-50-48-46-44-19-17-15-13-11-9-7-2/h8-11,14-17,20-21,23-24,26-27,29-30,44,46,62H,6-7,12-13,18-19,22,25,28,31-43,45,47-61H2,1-5H3/p+1/b10-8-,11-9-,16-14-,17-15-,21-20-,24-23-,27-26-,30-29-,46-44-. The molecule has 1 N–H and O–H groups in total. The van der Waals surface area contributed by atoms with Gasteiger partial charge in [-0.05, 0) is 96.3 Å². The van der Waals surface area contributed by atoms with Crippen molar-refractivity contribution in [1.82, 2.24) is 0 Å². The summed E-state index contributed by atoms with van der Waals surface area (Å²) in [5, 5.41) is 0. The summed E-state index contributed by atoms with van der Waals surface area (Å²) in [5.74, 6) is -0.833. The minimum Gasteiger partial charge on any atom is -0.462 e. The van der Waals surface area contributed by atoms with E-state index >= 15 is 0 Å². The van der Waals surface area contributed by atoms with Crippen molar-refractivity contribution < 1.29 is 42.1 Å². The first-order valence-corrected chi connectivity index (χ1v) is 31.1. The molecular formula is C64H111NO8P+. The highest BCUT2D eigenvalue weighted by molar-refractivity contribution is 7.47. The molecule has 0 saturated heterocycles. The summed E-state index contributed by atoms with van der Waals surface area (Å²) in [7, 11) is 1.45. The number of unbranched alkanes of at least 4 members (excludes halogenated alkanes) is 21. The molecule has 10 heteroatoms. The van der Waals surface area contributed by atoms with Crippen LogP contribution < -0.4 is 0 Å². The van der Waals surface area contributed by atoms with Gasteiger partial charge in [-0.15, -0.1) is 0 Å². The molecule has 0 bridgehead atoms. The number of quaternary nitrogens is 1. The number of rotatable bonds is 53. The van der Waals surface area contributed by atoms with Crippen LogP contribution in [0.2, 0.25) is 0 Å². The molecule has 2 unspecified atom stereocenters. The van der Waals surface area contributed by atoms with E-state index in [1.165, 1.54) is 96.3 Å². The minimum atomic E-state index is -4.39. The van der Waals surface area contributed by atoms with E-state index < -0.39 is 32.5 Å². The van der Waals surface area contributed by atoms with E-state index in [4.69, 9.17) is 18.5 Å². The zero-order valence-electron chi connectivity index (χ0n) is 48.0. The molecule has 0 aliphatic heterocycles. The maximum absolute atomic E-state index is 12.8. The Balaban J connectivity index is 4.00. The topological polar surface area (TPSA) is 108 Å². The number of phosphoric acid groups is 1. The van der Waals surface area contributed by atoms with Gasteiger partial charge in [-0.25, -0.2) is 4.57 Å². The Morgan fingerprint density at radius 2 is 0.730 bits per heavy atom. The van der Waals surface area contributed by atoms with Crippen LogP contribution in [0.1, 0.15) is 232 Å². The first-order chi connectivity index (χ1) is 36.0. The lowest BCUT2D eigenvalue weighted by molar-refractivity contribution is -0.870. The van der Waals surface area contributed by atoms with Gasteiger partial charge in [-0.1, -0.05) is 232 Å². The zero-order valence-corrected chi connectivity index (χ0v) is 48.9. The number of allylic oxidation sites excluding steroid dienone is 18. The van der Waals surface area contributed by atoms with Crippen molar-refractivity contribution in [3.8, 4) is 0 Å². The quantitative estimate of drug-likeness (QED) is 0.0211. The zero-order chi connectivity index (χ0) is 54.2. The molecule has 9 nitrogen and oxygen atoms in total. The summed E-state index contributed by atoms with van der Waals surface area (Å²) in [6, 6.07) is 0. The normalized spacial score (nSPS) is 14.1. The first-order valence-electron chi connectivity index (χ1n) is 29.6. The molecule has 0 saturated carbocycles. The average Bonchev–Trinajstić information content (AvgIpc) is 3.36. The van der Waals surface area contributed by atoms with Gasteiger partial charge in [0.25, 0.3) is 0 Å². The van der Waals surface area contributed by atoms with Crippen molar-refractivity contribution in [2.24, 2.45) is 0 Å². The molecule has 2 atom stereocenters. The Labute approximate surface area is 455 Å². The summed E-state index contributed by atoms with van der Waals surface area (Å²) in [6.07, 6.45) is 76.2. The van der Waals surface area contributed by atoms with Gasteiger partial charge in [0.2, 0.25) is 0 Å². The highest BCUT2D eigenvalue weighted by Crippen LogP contribution is 2.43. The van der Waals surface area contributed by atoms with Crippen LogP contribution in [0, 0.1) is 0 Å². The molecule has 74 heavy (non-hydrogen) atoms. The minimum absolute atomic E-state index is 0.0234. The fourth-order valence-corrected chi connectivity index (χ4v) is 8.54. The van der Waals surface area contributed by atoms with Gasteiger partial charge in [0, 0.05) is 12.8 Å². The third kappa shape index (κ3) is 57.9. The van der Waals surface area contributed by atoms with Crippen LogP contribution in [0.15, 0.2) is 109 Å². The summed E-state index contributed by atoms with van der Waals surface area (Å²) < 4.78 is 34.5. The predicted molar refractivity (Wildman–Crippen MR) is 316 cm³/mol.